The minimum atomic E-state index is -0.464. The van der Waals surface area contributed by atoms with Crippen LogP contribution >= 0.6 is 0 Å². The Morgan fingerprint density at radius 1 is 0.958 bits per heavy atom. The average Bonchev–Trinajstić information content (AvgIpc) is 2.45. The molecule has 0 aliphatic rings. The highest BCUT2D eigenvalue weighted by Crippen LogP contribution is 2.29. The minimum absolute atomic E-state index is 0.114. The van der Waals surface area contributed by atoms with E-state index in [9.17, 15) is 4.79 Å². The van der Waals surface area contributed by atoms with Gasteiger partial charge in [0, 0.05) is 22.5 Å². The van der Waals surface area contributed by atoms with Crippen molar-refractivity contribution < 1.29 is 9.53 Å². The van der Waals surface area contributed by atoms with E-state index in [-0.39, 0.29) is 10.8 Å². The van der Waals surface area contributed by atoms with Crippen LogP contribution in [0.5, 0.6) is 11.6 Å². The zero-order valence-corrected chi connectivity index (χ0v) is 15.2. The lowest BCUT2D eigenvalue weighted by Crippen LogP contribution is -2.21. The number of nitrogens with two attached hydrogens (primary N) is 1. The molecule has 1 aromatic carbocycles. The molecule has 0 aliphatic heterocycles. The first-order valence-corrected chi connectivity index (χ1v) is 7.94. The van der Waals surface area contributed by atoms with Gasteiger partial charge >= 0.3 is 0 Å². The molecule has 2 aromatic rings. The summed E-state index contributed by atoms with van der Waals surface area (Å²) in [6.45, 7) is 12.5. The maximum atomic E-state index is 11.1. The van der Waals surface area contributed by atoms with Gasteiger partial charge in [-0.15, -0.1) is 0 Å². The summed E-state index contributed by atoms with van der Waals surface area (Å²) in [6.07, 6.45) is 0. The maximum Gasteiger partial charge on any atom is 0.248 e. The number of carbonyl (C=O) groups is 1. The molecule has 5 heteroatoms. The normalized spacial score (nSPS) is 12.1. The van der Waals surface area contributed by atoms with Gasteiger partial charge in [-0.1, -0.05) is 41.5 Å². The molecule has 1 heterocycles. The van der Waals surface area contributed by atoms with Crippen LogP contribution in [0.25, 0.3) is 0 Å². The fraction of sp³-hybridized carbons (Fsp3) is 0.421. The molecule has 0 saturated carbocycles. The van der Waals surface area contributed by atoms with Crippen molar-refractivity contribution in [2.45, 2.75) is 52.4 Å². The summed E-state index contributed by atoms with van der Waals surface area (Å²) in [5.74, 6) is 1.36. The standard InChI is InChI=1S/C19H25N3O2/c1-18(2,3)14-11-15(22-17(21-14)19(4,5)6)24-13-9-7-12(8-10-13)16(20)23/h7-11H,1-6H3,(H2,20,23). The Kier molecular flexibility index (Phi) is 4.65. The van der Waals surface area contributed by atoms with Crippen molar-refractivity contribution in [3.63, 3.8) is 0 Å². The number of amides is 1. The highest BCUT2D eigenvalue weighted by Gasteiger charge is 2.24. The second-order valence-electron chi connectivity index (χ2n) is 7.91. The molecular weight excluding hydrogens is 302 g/mol. The Morgan fingerprint density at radius 2 is 1.54 bits per heavy atom. The Bertz CT molecular complexity index is 706. The number of benzene rings is 1. The van der Waals surface area contributed by atoms with Gasteiger partial charge in [0.1, 0.15) is 11.6 Å². The van der Waals surface area contributed by atoms with E-state index in [1.54, 1.807) is 24.3 Å². The topological polar surface area (TPSA) is 78.1 Å². The third-order valence-corrected chi connectivity index (χ3v) is 3.50. The lowest BCUT2D eigenvalue weighted by atomic mass is 9.90. The molecule has 0 spiro atoms. The lowest BCUT2D eigenvalue weighted by Gasteiger charge is -2.23. The zero-order chi connectivity index (χ0) is 18.1. The number of rotatable bonds is 3. The molecule has 5 nitrogen and oxygen atoms in total. The number of aromatic nitrogens is 2. The van der Waals surface area contributed by atoms with Crippen molar-refractivity contribution in [1.82, 2.24) is 9.97 Å². The van der Waals surface area contributed by atoms with Crippen molar-refractivity contribution >= 4 is 5.91 Å². The molecule has 0 radical (unpaired) electrons. The van der Waals surface area contributed by atoms with Gasteiger partial charge in [0.25, 0.3) is 0 Å². The fourth-order valence-electron chi connectivity index (χ4n) is 2.00. The third kappa shape index (κ3) is 4.31. The van der Waals surface area contributed by atoms with Gasteiger partial charge < -0.3 is 10.5 Å². The Morgan fingerprint density at radius 3 is 2.00 bits per heavy atom. The van der Waals surface area contributed by atoms with E-state index >= 15 is 0 Å². The van der Waals surface area contributed by atoms with Gasteiger partial charge in [-0.05, 0) is 24.3 Å². The summed E-state index contributed by atoms with van der Waals surface area (Å²) in [7, 11) is 0. The largest absolute Gasteiger partial charge is 0.439 e. The van der Waals surface area contributed by atoms with Crippen molar-refractivity contribution in [1.29, 1.82) is 0 Å². The third-order valence-electron chi connectivity index (χ3n) is 3.50. The van der Waals surface area contributed by atoms with Gasteiger partial charge in [-0.3, -0.25) is 4.79 Å². The lowest BCUT2D eigenvalue weighted by molar-refractivity contribution is 0.100. The van der Waals surface area contributed by atoms with E-state index in [1.807, 2.05) is 6.07 Å². The summed E-state index contributed by atoms with van der Waals surface area (Å²) in [5.41, 5.74) is 6.31. The SMILES string of the molecule is CC(C)(C)c1cc(Oc2ccc(C(N)=O)cc2)nc(C(C)(C)C)n1. The summed E-state index contributed by atoms with van der Waals surface area (Å²) in [5, 5.41) is 0. The van der Waals surface area contributed by atoms with Crippen LogP contribution in [0.3, 0.4) is 0 Å². The van der Waals surface area contributed by atoms with Gasteiger partial charge in [0.15, 0.2) is 0 Å². The highest BCUT2D eigenvalue weighted by molar-refractivity contribution is 5.92. The molecule has 24 heavy (non-hydrogen) atoms. The molecule has 0 fully saturated rings. The second kappa shape index (κ2) is 6.23. The van der Waals surface area contributed by atoms with Crippen LogP contribution in [0.2, 0.25) is 0 Å². The first-order valence-electron chi connectivity index (χ1n) is 7.94. The number of carbonyl (C=O) groups excluding carboxylic acids is 1. The number of primary amides is 1. The molecule has 0 bridgehead atoms. The van der Waals surface area contributed by atoms with Crippen molar-refractivity contribution in [2.24, 2.45) is 5.73 Å². The smallest absolute Gasteiger partial charge is 0.248 e. The van der Waals surface area contributed by atoms with Crippen LogP contribution in [0.4, 0.5) is 0 Å². The van der Waals surface area contributed by atoms with Gasteiger partial charge in [-0.2, -0.15) is 4.98 Å². The van der Waals surface area contributed by atoms with Crippen LogP contribution in [-0.2, 0) is 10.8 Å². The van der Waals surface area contributed by atoms with Crippen LogP contribution in [0.15, 0.2) is 30.3 Å². The summed E-state index contributed by atoms with van der Waals surface area (Å²) >= 11 is 0. The molecule has 128 valence electrons. The molecule has 0 saturated heterocycles. The van der Waals surface area contributed by atoms with Crippen molar-refractivity contribution in [3.8, 4) is 11.6 Å². The number of ether oxygens (including phenoxy) is 1. The Balaban J connectivity index is 2.40. The van der Waals surface area contributed by atoms with Gasteiger partial charge in [0.05, 0.1) is 5.69 Å². The Hall–Kier alpha value is -2.43. The first kappa shape index (κ1) is 17.9. The maximum absolute atomic E-state index is 11.1. The van der Waals surface area contributed by atoms with Crippen molar-refractivity contribution in [3.05, 3.63) is 47.4 Å². The predicted octanol–water partition coefficient (Wildman–Crippen LogP) is 3.96. The molecule has 2 rings (SSSR count). The van der Waals surface area contributed by atoms with Crippen LogP contribution in [-0.4, -0.2) is 15.9 Å². The zero-order valence-electron chi connectivity index (χ0n) is 15.2. The van der Waals surface area contributed by atoms with E-state index in [2.05, 4.69) is 46.5 Å². The van der Waals surface area contributed by atoms with E-state index in [0.29, 0.717) is 17.2 Å². The predicted molar refractivity (Wildman–Crippen MR) is 94.5 cm³/mol. The van der Waals surface area contributed by atoms with E-state index in [4.69, 9.17) is 15.5 Å². The van der Waals surface area contributed by atoms with Gasteiger partial charge in [0.2, 0.25) is 11.8 Å². The number of hydrogen-bond acceptors (Lipinski definition) is 4. The average molecular weight is 327 g/mol. The molecule has 2 N–H and O–H groups in total. The quantitative estimate of drug-likeness (QED) is 0.925. The molecule has 0 unspecified atom stereocenters. The van der Waals surface area contributed by atoms with Crippen molar-refractivity contribution in [2.75, 3.05) is 0 Å². The Labute approximate surface area is 143 Å². The van der Waals surface area contributed by atoms with E-state index in [0.717, 1.165) is 11.5 Å². The summed E-state index contributed by atoms with van der Waals surface area (Å²) in [4.78, 5) is 20.4. The molecular formula is C19H25N3O2. The number of nitrogens with zero attached hydrogens (tertiary/aromatic N) is 2. The first-order chi connectivity index (χ1) is 11.0. The molecule has 0 atom stereocenters. The summed E-state index contributed by atoms with van der Waals surface area (Å²) < 4.78 is 5.88. The van der Waals surface area contributed by atoms with Crippen LogP contribution in [0, 0.1) is 0 Å². The number of hydrogen-bond donors (Lipinski definition) is 1. The highest BCUT2D eigenvalue weighted by atomic mass is 16.5. The second-order valence-corrected chi connectivity index (χ2v) is 7.91. The van der Waals surface area contributed by atoms with E-state index < -0.39 is 5.91 Å². The van der Waals surface area contributed by atoms with Crippen LogP contribution < -0.4 is 10.5 Å². The molecule has 0 aliphatic carbocycles. The fourth-order valence-corrected chi connectivity index (χ4v) is 2.00. The summed E-state index contributed by atoms with van der Waals surface area (Å²) in [6, 6.07) is 8.53. The minimum Gasteiger partial charge on any atom is -0.439 e. The van der Waals surface area contributed by atoms with Crippen LogP contribution in [0.1, 0.15) is 63.4 Å². The van der Waals surface area contributed by atoms with E-state index in [1.165, 1.54) is 0 Å². The molecule has 1 aromatic heterocycles. The monoisotopic (exact) mass is 327 g/mol. The van der Waals surface area contributed by atoms with Gasteiger partial charge in [-0.25, -0.2) is 4.98 Å². The molecule has 1 amide bonds.